The van der Waals surface area contributed by atoms with E-state index in [9.17, 15) is 19.5 Å². The van der Waals surface area contributed by atoms with Crippen LogP contribution in [0.25, 0.3) is 0 Å². The highest BCUT2D eigenvalue weighted by molar-refractivity contribution is 5.81. The monoisotopic (exact) mass is 1140 g/mol. The maximum Gasteiger partial charge on any atom is 0.306 e. The number of likely N-dealkylation sites (tertiary alicyclic amines) is 1. The maximum absolute atomic E-state index is 14.4. The van der Waals surface area contributed by atoms with Gasteiger partial charge in [0.25, 0.3) is 0 Å². The number of carbonyl (C=O) groups excluding carboxylic acids is 3. The number of esters is 2. The van der Waals surface area contributed by atoms with Crippen molar-refractivity contribution in [2.45, 2.75) is 349 Å². The molecule has 1 saturated heterocycles. The predicted octanol–water partition coefficient (Wildman–Crippen LogP) is 16.9. The number of amides is 1. The van der Waals surface area contributed by atoms with E-state index in [1.54, 1.807) is 4.90 Å². The average Bonchev–Trinajstić information content (AvgIpc) is 3.99. The molecular formula is C67H130N2O11. The smallest absolute Gasteiger partial charge is 0.306 e. The van der Waals surface area contributed by atoms with E-state index >= 15 is 0 Å². The molecular weight excluding hydrogens is 1010 g/mol. The third-order valence-electron chi connectivity index (χ3n) is 15.8. The molecule has 13 heteroatoms. The van der Waals surface area contributed by atoms with E-state index in [0.717, 1.165) is 109 Å². The number of nitrogens with zero attached hydrogens (tertiary/aromatic N) is 2. The Balaban J connectivity index is 3.08. The van der Waals surface area contributed by atoms with Gasteiger partial charge in [0.1, 0.15) is 12.7 Å². The summed E-state index contributed by atoms with van der Waals surface area (Å²) in [5.74, 6) is -0.903. The van der Waals surface area contributed by atoms with E-state index in [0.29, 0.717) is 65.2 Å². The number of ether oxygens (including phenoxy) is 7. The van der Waals surface area contributed by atoms with Crippen LogP contribution in [0.4, 0.5) is 0 Å². The molecule has 13 nitrogen and oxygen atoms in total. The van der Waals surface area contributed by atoms with E-state index < -0.39 is 12.3 Å². The van der Waals surface area contributed by atoms with Crippen molar-refractivity contribution in [3.05, 3.63) is 0 Å². The van der Waals surface area contributed by atoms with Crippen LogP contribution in [0, 0.1) is 0 Å². The normalized spacial score (nSPS) is 14.1. The number of rotatable bonds is 62. The van der Waals surface area contributed by atoms with Gasteiger partial charge < -0.3 is 48.1 Å². The molecule has 0 radical (unpaired) electrons. The molecule has 0 aliphatic carbocycles. The zero-order valence-corrected chi connectivity index (χ0v) is 53.3. The van der Waals surface area contributed by atoms with Crippen molar-refractivity contribution in [2.24, 2.45) is 0 Å². The van der Waals surface area contributed by atoms with Gasteiger partial charge in [-0.3, -0.25) is 14.4 Å². The molecule has 0 aromatic carbocycles. The molecule has 0 aromatic rings. The van der Waals surface area contributed by atoms with Crippen molar-refractivity contribution in [1.29, 1.82) is 0 Å². The summed E-state index contributed by atoms with van der Waals surface area (Å²) in [5, 5.41) is 11.3. The Kier molecular flexibility index (Phi) is 54.8. The van der Waals surface area contributed by atoms with Crippen LogP contribution in [0.1, 0.15) is 318 Å². The summed E-state index contributed by atoms with van der Waals surface area (Å²) < 4.78 is 43.3. The first-order valence-electron chi connectivity index (χ1n) is 34.3. The maximum atomic E-state index is 14.4. The van der Waals surface area contributed by atoms with Gasteiger partial charge >= 0.3 is 11.9 Å². The number of hydrogen-bond donors (Lipinski definition) is 1. The molecule has 1 aliphatic heterocycles. The molecule has 1 amide bonds. The first-order valence-corrected chi connectivity index (χ1v) is 34.3. The highest BCUT2D eigenvalue weighted by atomic mass is 16.7. The van der Waals surface area contributed by atoms with Gasteiger partial charge in [-0.1, -0.05) is 196 Å². The topological polar surface area (TPSA) is 143 Å². The Hall–Kier alpha value is -1.87. The molecule has 3 unspecified atom stereocenters. The molecule has 1 rings (SSSR count). The Morgan fingerprint density at radius 2 is 0.850 bits per heavy atom. The van der Waals surface area contributed by atoms with Gasteiger partial charge in [-0.05, 0) is 116 Å². The lowest BCUT2D eigenvalue weighted by Crippen LogP contribution is -2.49. The van der Waals surface area contributed by atoms with E-state index in [1.807, 2.05) is 0 Å². The summed E-state index contributed by atoms with van der Waals surface area (Å²) in [6.45, 7) is 18.9. The van der Waals surface area contributed by atoms with Crippen LogP contribution >= 0.6 is 0 Å². The van der Waals surface area contributed by atoms with Gasteiger partial charge in [-0.15, -0.1) is 0 Å². The molecule has 0 saturated carbocycles. The fourth-order valence-corrected chi connectivity index (χ4v) is 10.6. The van der Waals surface area contributed by atoms with Crippen molar-refractivity contribution in [3.63, 3.8) is 0 Å². The second kappa shape index (κ2) is 57.6. The third-order valence-corrected chi connectivity index (χ3v) is 15.8. The fraction of sp³-hybridized carbons (Fsp3) is 0.955. The van der Waals surface area contributed by atoms with Crippen LogP contribution in [0.2, 0.25) is 0 Å². The van der Waals surface area contributed by atoms with Crippen LogP contribution in [0.15, 0.2) is 0 Å². The van der Waals surface area contributed by atoms with Gasteiger partial charge in [0, 0.05) is 52.4 Å². The minimum absolute atomic E-state index is 0.0140. The van der Waals surface area contributed by atoms with E-state index in [2.05, 4.69) is 46.4 Å². The molecule has 1 heterocycles. The molecule has 474 valence electrons. The number of aliphatic hydroxyl groups excluding tert-OH is 1. The summed E-state index contributed by atoms with van der Waals surface area (Å²) in [5.41, 5.74) is 0. The molecule has 1 aliphatic rings. The summed E-state index contributed by atoms with van der Waals surface area (Å²) in [6.07, 6.45) is 41.4. The first kappa shape index (κ1) is 76.1. The van der Waals surface area contributed by atoms with Gasteiger partial charge in [0.2, 0.25) is 5.91 Å². The zero-order valence-electron chi connectivity index (χ0n) is 53.3. The standard InChI is InChI=1S/C67H130N2O11/c1-7-13-18-23-27-38-54-74-66(75-55-39-28-24-19-14-8-2)46-34-32-44-63(71)78-58-60(69(53-52-68-50-36-37-51-68)62(70)48-49-65(73)80-61(42-12-6)43-31-22-17-11-5)59-79-64(72)45-33-35-47-67(76-56-40-29-25-20-15-9-3)77-57-41-30-26-21-16-10-4/h60-61,63,66-67,71H,7-59H2,1-6H3. The molecule has 3 atom stereocenters. The Morgan fingerprint density at radius 3 is 1.32 bits per heavy atom. The lowest BCUT2D eigenvalue weighted by Gasteiger charge is -2.33. The van der Waals surface area contributed by atoms with Crippen LogP contribution < -0.4 is 0 Å². The van der Waals surface area contributed by atoms with Gasteiger partial charge in [-0.25, -0.2) is 0 Å². The summed E-state index contributed by atoms with van der Waals surface area (Å²) >= 11 is 0. The average molecular weight is 1140 g/mol. The highest BCUT2D eigenvalue weighted by Crippen LogP contribution is 2.20. The van der Waals surface area contributed by atoms with E-state index in [1.165, 1.54) is 135 Å². The van der Waals surface area contributed by atoms with E-state index in [4.69, 9.17) is 33.2 Å². The first-order chi connectivity index (χ1) is 39.2. The number of aliphatic hydroxyl groups is 1. The molecule has 0 bridgehead atoms. The van der Waals surface area contributed by atoms with Crippen LogP contribution in [-0.4, -0.2) is 130 Å². The second-order valence-corrected chi connectivity index (χ2v) is 23.5. The highest BCUT2D eigenvalue weighted by Gasteiger charge is 2.29. The molecule has 0 spiro atoms. The summed E-state index contributed by atoms with van der Waals surface area (Å²) in [4.78, 5) is 45.4. The van der Waals surface area contributed by atoms with Crippen molar-refractivity contribution in [2.75, 3.05) is 65.8 Å². The van der Waals surface area contributed by atoms with Crippen molar-refractivity contribution in [1.82, 2.24) is 9.80 Å². The van der Waals surface area contributed by atoms with Crippen LogP contribution in [-0.2, 0) is 47.5 Å². The van der Waals surface area contributed by atoms with Crippen LogP contribution in [0.5, 0.6) is 0 Å². The van der Waals surface area contributed by atoms with Crippen LogP contribution in [0.3, 0.4) is 0 Å². The predicted molar refractivity (Wildman–Crippen MR) is 329 cm³/mol. The Morgan fingerprint density at radius 1 is 0.425 bits per heavy atom. The lowest BCUT2D eigenvalue weighted by atomic mass is 10.1. The Labute approximate surface area is 492 Å². The summed E-state index contributed by atoms with van der Waals surface area (Å²) in [6, 6.07) is -0.656. The second-order valence-electron chi connectivity index (χ2n) is 23.5. The quantitative estimate of drug-likeness (QED) is 0.0352. The van der Waals surface area contributed by atoms with Gasteiger partial charge in [-0.2, -0.15) is 0 Å². The number of carbonyl (C=O) groups is 3. The SMILES string of the molecule is CCCCCCCCOC(CCCCC(=O)OCC(COC(O)CCCCC(OCCCCCCCC)OCCCCCCCC)N(CCN1CCCC1)C(=O)CCC(=O)OC(CCC)CCCCCC)OCCCCCCCC. The van der Waals surface area contributed by atoms with Crippen molar-refractivity contribution < 1.29 is 52.6 Å². The lowest BCUT2D eigenvalue weighted by molar-refractivity contribution is -0.159. The largest absolute Gasteiger partial charge is 0.463 e. The third kappa shape index (κ3) is 46.5. The van der Waals surface area contributed by atoms with Crippen molar-refractivity contribution in [3.8, 4) is 0 Å². The summed E-state index contributed by atoms with van der Waals surface area (Å²) in [7, 11) is 0. The number of unbranched alkanes of at least 4 members (excludes halogenated alkanes) is 25. The zero-order chi connectivity index (χ0) is 58.2. The minimum atomic E-state index is -1.07. The van der Waals surface area contributed by atoms with E-state index in [-0.39, 0.29) is 69.0 Å². The molecule has 80 heavy (non-hydrogen) atoms. The van der Waals surface area contributed by atoms with Gasteiger partial charge in [0.05, 0.1) is 19.1 Å². The van der Waals surface area contributed by atoms with Crippen molar-refractivity contribution >= 4 is 17.8 Å². The molecule has 1 fully saturated rings. The molecule has 1 N–H and O–H groups in total. The molecule has 0 aromatic heterocycles. The van der Waals surface area contributed by atoms with Gasteiger partial charge in [0.15, 0.2) is 18.9 Å². The Bertz CT molecular complexity index is 1320. The number of hydrogen-bond acceptors (Lipinski definition) is 12. The minimum Gasteiger partial charge on any atom is -0.463 e. The fourth-order valence-electron chi connectivity index (χ4n) is 10.6.